The summed E-state index contributed by atoms with van der Waals surface area (Å²) in [5.41, 5.74) is 0. The van der Waals surface area contributed by atoms with Crippen LogP contribution in [0.15, 0.2) is 0 Å². The van der Waals surface area contributed by atoms with Crippen LogP contribution in [0.4, 0.5) is 0 Å². The summed E-state index contributed by atoms with van der Waals surface area (Å²) in [5.74, 6) is 0.753. The Labute approximate surface area is 111 Å². The minimum atomic E-state index is -2.89. The van der Waals surface area contributed by atoms with Crippen molar-refractivity contribution >= 4 is 32.4 Å². The summed E-state index contributed by atoms with van der Waals surface area (Å²) >= 11 is 2.15. The van der Waals surface area contributed by atoms with Gasteiger partial charge in [0, 0.05) is 7.11 Å². The number of sulfone groups is 1. The molecule has 3 atom stereocenters. The zero-order valence-electron chi connectivity index (χ0n) is 9.85. The van der Waals surface area contributed by atoms with E-state index in [0.717, 1.165) is 0 Å². The normalized spacial score (nSPS) is 30.8. The second-order valence-corrected chi connectivity index (χ2v) is 8.24. The van der Waals surface area contributed by atoms with Crippen molar-refractivity contribution in [3.8, 4) is 0 Å². The van der Waals surface area contributed by atoms with Gasteiger partial charge >= 0.3 is 0 Å². The second-order valence-electron chi connectivity index (χ2n) is 4.48. The lowest BCUT2D eigenvalue weighted by Crippen LogP contribution is -2.31. The lowest BCUT2D eigenvalue weighted by atomic mass is 10.1. The monoisotopic (exact) mass is 362 g/mol. The van der Waals surface area contributed by atoms with E-state index in [-0.39, 0.29) is 27.6 Å². The third kappa shape index (κ3) is 4.12. The zero-order chi connectivity index (χ0) is 12.3. The summed E-state index contributed by atoms with van der Waals surface area (Å²) < 4.78 is 33.8. The Kier molecular flexibility index (Phi) is 5.47. The van der Waals surface area contributed by atoms with Gasteiger partial charge in [0.25, 0.3) is 0 Å². The highest BCUT2D eigenvalue weighted by Gasteiger charge is 2.37. The van der Waals surface area contributed by atoms with Crippen LogP contribution >= 0.6 is 22.6 Å². The maximum absolute atomic E-state index is 11.4. The van der Waals surface area contributed by atoms with Gasteiger partial charge in [-0.15, -0.1) is 0 Å². The molecular weight excluding hydrogens is 343 g/mol. The standard InChI is InChI=1S/C10H19IO4S/c1-7(2)9(14-3)4-15-10-6-16(12,13)5-8(10)11/h7-10H,4-6H2,1-3H3. The van der Waals surface area contributed by atoms with Crippen LogP contribution in [-0.4, -0.2) is 49.8 Å². The molecule has 0 aromatic carbocycles. The van der Waals surface area contributed by atoms with Crippen LogP contribution in [-0.2, 0) is 19.3 Å². The first-order valence-corrected chi connectivity index (χ1v) is 8.41. The van der Waals surface area contributed by atoms with Gasteiger partial charge in [-0.3, -0.25) is 0 Å². The molecule has 1 aliphatic rings. The molecule has 16 heavy (non-hydrogen) atoms. The van der Waals surface area contributed by atoms with Crippen LogP contribution in [0.1, 0.15) is 13.8 Å². The van der Waals surface area contributed by atoms with Gasteiger partial charge in [0.1, 0.15) is 0 Å². The van der Waals surface area contributed by atoms with Gasteiger partial charge in [-0.25, -0.2) is 8.42 Å². The van der Waals surface area contributed by atoms with Crippen LogP contribution < -0.4 is 0 Å². The fourth-order valence-corrected chi connectivity index (χ4v) is 5.79. The topological polar surface area (TPSA) is 52.6 Å². The van der Waals surface area contributed by atoms with E-state index in [4.69, 9.17) is 9.47 Å². The number of rotatable bonds is 5. The van der Waals surface area contributed by atoms with Gasteiger partial charge < -0.3 is 9.47 Å². The molecule has 0 spiro atoms. The van der Waals surface area contributed by atoms with Gasteiger partial charge in [0.2, 0.25) is 0 Å². The smallest absolute Gasteiger partial charge is 0.154 e. The van der Waals surface area contributed by atoms with Gasteiger partial charge in [-0.05, 0) is 5.92 Å². The predicted molar refractivity (Wildman–Crippen MR) is 71.8 cm³/mol. The van der Waals surface area contributed by atoms with Crippen molar-refractivity contribution in [1.29, 1.82) is 0 Å². The molecule has 0 N–H and O–H groups in total. The van der Waals surface area contributed by atoms with Crippen LogP contribution in [0.25, 0.3) is 0 Å². The number of halogens is 1. The molecule has 0 aromatic heterocycles. The highest BCUT2D eigenvalue weighted by molar-refractivity contribution is 14.1. The quantitative estimate of drug-likeness (QED) is 0.546. The third-order valence-corrected chi connectivity index (χ3v) is 6.30. The van der Waals surface area contributed by atoms with Crippen molar-refractivity contribution in [1.82, 2.24) is 0 Å². The summed E-state index contributed by atoms with van der Waals surface area (Å²) in [4.78, 5) is 0. The lowest BCUT2D eigenvalue weighted by Gasteiger charge is -2.22. The molecular formula is C10H19IO4S. The average Bonchev–Trinajstić information content (AvgIpc) is 2.40. The number of hydrogen-bond donors (Lipinski definition) is 0. The lowest BCUT2D eigenvalue weighted by molar-refractivity contribution is -0.0353. The first-order chi connectivity index (χ1) is 7.35. The van der Waals surface area contributed by atoms with Crippen molar-refractivity contribution in [2.24, 2.45) is 5.92 Å². The Morgan fingerprint density at radius 1 is 1.38 bits per heavy atom. The van der Waals surface area contributed by atoms with E-state index >= 15 is 0 Å². The molecule has 0 aliphatic carbocycles. The number of methoxy groups -OCH3 is 1. The first kappa shape index (κ1) is 14.7. The molecule has 0 saturated carbocycles. The molecule has 0 radical (unpaired) electrons. The summed E-state index contributed by atoms with van der Waals surface area (Å²) in [5, 5.41) is 0. The Balaban J connectivity index is 2.44. The fourth-order valence-electron chi connectivity index (χ4n) is 1.68. The van der Waals surface area contributed by atoms with Gasteiger partial charge in [-0.1, -0.05) is 36.4 Å². The van der Waals surface area contributed by atoms with Crippen molar-refractivity contribution in [2.75, 3.05) is 25.2 Å². The largest absolute Gasteiger partial charge is 0.379 e. The molecule has 1 rings (SSSR count). The van der Waals surface area contributed by atoms with Crippen molar-refractivity contribution in [3.05, 3.63) is 0 Å². The molecule has 96 valence electrons. The summed E-state index contributed by atoms with van der Waals surface area (Å²) in [6.07, 6.45) is -0.145. The molecule has 6 heteroatoms. The Morgan fingerprint density at radius 2 is 2.00 bits per heavy atom. The third-order valence-electron chi connectivity index (χ3n) is 2.76. The highest BCUT2D eigenvalue weighted by atomic mass is 127. The van der Waals surface area contributed by atoms with E-state index in [2.05, 4.69) is 36.4 Å². The Bertz CT molecular complexity index is 315. The van der Waals surface area contributed by atoms with Crippen LogP contribution in [0.3, 0.4) is 0 Å². The molecule has 1 aliphatic heterocycles. The molecule has 1 fully saturated rings. The van der Waals surface area contributed by atoms with E-state index in [1.165, 1.54) is 0 Å². The minimum absolute atomic E-state index is 0.0342. The molecule has 0 amide bonds. The summed E-state index contributed by atoms with van der Waals surface area (Å²) in [6.45, 7) is 4.59. The second kappa shape index (κ2) is 5.97. The SMILES string of the molecule is COC(COC1CS(=O)(=O)CC1I)C(C)C. The minimum Gasteiger partial charge on any atom is -0.379 e. The van der Waals surface area contributed by atoms with E-state index in [0.29, 0.717) is 12.5 Å². The molecule has 4 nitrogen and oxygen atoms in total. The Morgan fingerprint density at radius 3 is 2.38 bits per heavy atom. The maximum Gasteiger partial charge on any atom is 0.154 e. The molecule has 1 saturated heterocycles. The predicted octanol–water partition coefficient (Wildman–Crippen LogP) is 1.27. The van der Waals surface area contributed by atoms with Gasteiger partial charge in [0.05, 0.1) is 34.2 Å². The fraction of sp³-hybridized carbons (Fsp3) is 1.00. The van der Waals surface area contributed by atoms with E-state index in [1.54, 1.807) is 7.11 Å². The van der Waals surface area contributed by atoms with Crippen molar-refractivity contribution < 1.29 is 17.9 Å². The van der Waals surface area contributed by atoms with Crippen molar-refractivity contribution in [3.63, 3.8) is 0 Å². The zero-order valence-corrected chi connectivity index (χ0v) is 12.8. The summed E-state index contributed by atoms with van der Waals surface area (Å²) in [6, 6.07) is 0. The van der Waals surface area contributed by atoms with Gasteiger partial charge in [0.15, 0.2) is 9.84 Å². The van der Waals surface area contributed by atoms with Crippen LogP contribution in [0, 0.1) is 5.92 Å². The molecule has 0 bridgehead atoms. The van der Waals surface area contributed by atoms with Crippen molar-refractivity contribution in [2.45, 2.75) is 30.0 Å². The van der Waals surface area contributed by atoms with E-state index in [1.807, 2.05) is 0 Å². The van der Waals surface area contributed by atoms with E-state index < -0.39 is 9.84 Å². The summed E-state index contributed by atoms with van der Waals surface area (Å²) in [7, 11) is -1.24. The Hall–Kier alpha value is 0.600. The molecule has 3 unspecified atom stereocenters. The first-order valence-electron chi connectivity index (χ1n) is 5.34. The molecule has 1 heterocycles. The maximum atomic E-state index is 11.4. The average molecular weight is 362 g/mol. The van der Waals surface area contributed by atoms with Crippen LogP contribution in [0.2, 0.25) is 0 Å². The number of alkyl halides is 1. The van der Waals surface area contributed by atoms with E-state index in [9.17, 15) is 8.42 Å². The highest BCUT2D eigenvalue weighted by Crippen LogP contribution is 2.23. The van der Waals surface area contributed by atoms with Gasteiger partial charge in [-0.2, -0.15) is 0 Å². The number of hydrogen-bond acceptors (Lipinski definition) is 4. The number of ether oxygens (including phenoxy) is 2. The van der Waals surface area contributed by atoms with Crippen LogP contribution in [0.5, 0.6) is 0 Å². The molecule has 0 aromatic rings.